The maximum Gasteiger partial charge on any atom is 0.251 e. The first-order valence-electron chi connectivity index (χ1n) is 10.0. The summed E-state index contributed by atoms with van der Waals surface area (Å²) < 4.78 is 6.95. The summed E-state index contributed by atoms with van der Waals surface area (Å²) in [5.74, 6) is 1.93. The third kappa shape index (κ3) is 4.32. The third-order valence-electron chi connectivity index (χ3n) is 4.87. The van der Waals surface area contributed by atoms with Crippen molar-refractivity contribution in [3.05, 3.63) is 71.7 Å². The number of amides is 1. The number of nitrogens with one attached hydrogen (secondary N) is 2. The molecule has 0 aliphatic carbocycles. The molecule has 0 bridgehead atoms. The van der Waals surface area contributed by atoms with E-state index in [4.69, 9.17) is 4.74 Å². The summed E-state index contributed by atoms with van der Waals surface area (Å²) in [5.41, 5.74) is 3.11. The first-order chi connectivity index (χ1) is 15.1. The van der Waals surface area contributed by atoms with Gasteiger partial charge in [-0.15, -0.1) is 0 Å². The van der Waals surface area contributed by atoms with Gasteiger partial charge in [-0.25, -0.2) is 14.6 Å². The number of aromatic nitrogens is 4. The molecule has 2 heterocycles. The molecule has 2 aromatic heterocycles. The Morgan fingerprint density at radius 1 is 1.00 bits per heavy atom. The summed E-state index contributed by atoms with van der Waals surface area (Å²) in [4.78, 5) is 21.5. The second-order valence-corrected chi connectivity index (χ2v) is 7.06. The molecule has 4 aromatic rings. The van der Waals surface area contributed by atoms with Crippen molar-refractivity contribution in [3.8, 4) is 11.4 Å². The zero-order valence-corrected chi connectivity index (χ0v) is 17.7. The molecule has 0 saturated carbocycles. The smallest absolute Gasteiger partial charge is 0.251 e. The van der Waals surface area contributed by atoms with Crippen LogP contribution in [0.25, 0.3) is 16.7 Å². The number of benzene rings is 2. The van der Waals surface area contributed by atoms with E-state index in [9.17, 15) is 4.79 Å². The van der Waals surface area contributed by atoms with Gasteiger partial charge in [0.1, 0.15) is 17.4 Å². The van der Waals surface area contributed by atoms with Gasteiger partial charge in [0.25, 0.3) is 5.91 Å². The van der Waals surface area contributed by atoms with Gasteiger partial charge in [-0.2, -0.15) is 5.10 Å². The van der Waals surface area contributed by atoms with Crippen LogP contribution >= 0.6 is 0 Å². The van der Waals surface area contributed by atoms with Crippen molar-refractivity contribution in [2.75, 3.05) is 25.5 Å². The fourth-order valence-corrected chi connectivity index (χ4v) is 3.37. The van der Waals surface area contributed by atoms with Gasteiger partial charge < -0.3 is 15.4 Å². The minimum atomic E-state index is -0.137. The van der Waals surface area contributed by atoms with Crippen LogP contribution in [0.2, 0.25) is 0 Å². The minimum Gasteiger partial charge on any atom is -0.497 e. The van der Waals surface area contributed by atoms with E-state index in [1.807, 2.05) is 48.9 Å². The largest absolute Gasteiger partial charge is 0.497 e. The van der Waals surface area contributed by atoms with Crippen molar-refractivity contribution in [1.82, 2.24) is 25.1 Å². The highest BCUT2D eigenvalue weighted by Crippen LogP contribution is 2.26. The Morgan fingerprint density at radius 3 is 2.45 bits per heavy atom. The van der Waals surface area contributed by atoms with Gasteiger partial charge in [-0.05, 0) is 50.2 Å². The van der Waals surface area contributed by atoms with Crippen LogP contribution in [0, 0.1) is 13.8 Å². The highest BCUT2D eigenvalue weighted by molar-refractivity contribution is 5.94. The molecule has 8 heteroatoms. The lowest BCUT2D eigenvalue weighted by atomic mass is 10.2. The van der Waals surface area contributed by atoms with Gasteiger partial charge in [-0.3, -0.25) is 4.79 Å². The summed E-state index contributed by atoms with van der Waals surface area (Å²) in [7, 11) is 1.60. The molecule has 0 aliphatic heterocycles. The van der Waals surface area contributed by atoms with Crippen LogP contribution in [0.1, 0.15) is 21.9 Å². The Bertz CT molecular complexity index is 1200. The van der Waals surface area contributed by atoms with Gasteiger partial charge in [0.05, 0.1) is 23.9 Å². The van der Waals surface area contributed by atoms with Crippen molar-refractivity contribution in [3.63, 3.8) is 0 Å². The third-order valence-corrected chi connectivity index (χ3v) is 4.87. The van der Waals surface area contributed by atoms with Gasteiger partial charge in [0, 0.05) is 18.7 Å². The van der Waals surface area contributed by atoms with E-state index < -0.39 is 0 Å². The molecule has 0 fully saturated rings. The van der Waals surface area contributed by atoms with Crippen LogP contribution < -0.4 is 15.4 Å². The molecule has 0 radical (unpaired) electrons. The Labute approximate surface area is 180 Å². The molecule has 158 valence electrons. The Hall–Kier alpha value is -3.94. The van der Waals surface area contributed by atoms with Crippen LogP contribution in [0.5, 0.6) is 5.75 Å². The molecule has 0 saturated heterocycles. The van der Waals surface area contributed by atoms with Gasteiger partial charge >= 0.3 is 0 Å². The van der Waals surface area contributed by atoms with Crippen molar-refractivity contribution >= 4 is 22.8 Å². The monoisotopic (exact) mass is 416 g/mol. The number of methoxy groups -OCH3 is 1. The van der Waals surface area contributed by atoms with Crippen molar-refractivity contribution in [1.29, 1.82) is 0 Å². The molecule has 2 N–H and O–H groups in total. The van der Waals surface area contributed by atoms with E-state index in [0.717, 1.165) is 22.4 Å². The van der Waals surface area contributed by atoms with Crippen LogP contribution in [-0.2, 0) is 0 Å². The maximum atomic E-state index is 12.3. The maximum absolute atomic E-state index is 12.3. The lowest BCUT2D eigenvalue weighted by Crippen LogP contribution is -2.29. The SMILES string of the molecule is COc1ccc(C(=O)NCCNc2nc(C)nc3c2c(C)nn3-c2ccccc2)cc1. The summed E-state index contributed by atoms with van der Waals surface area (Å²) in [6.45, 7) is 4.76. The second-order valence-electron chi connectivity index (χ2n) is 7.06. The fraction of sp³-hybridized carbons (Fsp3) is 0.217. The summed E-state index contributed by atoms with van der Waals surface area (Å²) in [6, 6.07) is 16.9. The highest BCUT2D eigenvalue weighted by atomic mass is 16.5. The molecule has 0 aliphatic rings. The van der Waals surface area contributed by atoms with E-state index in [0.29, 0.717) is 36.0 Å². The zero-order valence-electron chi connectivity index (χ0n) is 17.7. The number of fused-ring (bicyclic) bond motifs is 1. The van der Waals surface area contributed by atoms with Crippen LogP contribution in [0.4, 0.5) is 5.82 Å². The number of hydrogen-bond donors (Lipinski definition) is 2. The first kappa shape index (κ1) is 20.3. The van der Waals surface area contributed by atoms with E-state index in [1.165, 1.54) is 0 Å². The molecule has 4 rings (SSSR count). The van der Waals surface area contributed by atoms with Gasteiger partial charge in [0.15, 0.2) is 5.65 Å². The van der Waals surface area contributed by atoms with E-state index in [1.54, 1.807) is 31.4 Å². The molecule has 31 heavy (non-hydrogen) atoms. The molecule has 2 aromatic carbocycles. The lowest BCUT2D eigenvalue weighted by molar-refractivity contribution is 0.0955. The Morgan fingerprint density at radius 2 is 1.74 bits per heavy atom. The number of hydrogen-bond acceptors (Lipinski definition) is 6. The topological polar surface area (TPSA) is 94.0 Å². The summed E-state index contributed by atoms with van der Waals surface area (Å²) in [5, 5.41) is 11.8. The molecule has 0 unspecified atom stereocenters. The van der Waals surface area contributed by atoms with E-state index >= 15 is 0 Å². The van der Waals surface area contributed by atoms with Crippen LogP contribution in [0.3, 0.4) is 0 Å². The normalized spacial score (nSPS) is 10.8. The van der Waals surface area contributed by atoms with Crippen molar-refractivity contribution in [2.24, 2.45) is 0 Å². The minimum absolute atomic E-state index is 0.137. The number of ether oxygens (including phenoxy) is 1. The molecule has 0 atom stereocenters. The number of anilines is 1. The lowest BCUT2D eigenvalue weighted by Gasteiger charge is -2.10. The molecule has 1 amide bonds. The quantitative estimate of drug-likeness (QED) is 0.449. The summed E-state index contributed by atoms with van der Waals surface area (Å²) in [6.07, 6.45) is 0. The predicted octanol–water partition coefficient (Wildman–Crippen LogP) is 3.28. The molecule has 8 nitrogen and oxygen atoms in total. The first-order valence-corrected chi connectivity index (χ1v) is 10.0. The number of para-hydroxylation sites is 1. The number of aryl methyl sites for hydroxylation is 2. The summed E-state index contributed by atoms with van der Waals surface area (Å²) >= 11 is 0. The average Bonchev–Trinajstić information content (AvgIpc) is 3.13. The average molecular weight is 416 g/mol. The number of carbonyl (C=O) groups is 1. The van der Waals surface area contributed by atoms with E-state index in [-0.39, 0.29) is 5.91 Å². The standard InChI is InChI=1S/C23H24N6O2/c1-15-20-21(24-13-14-25-23(30)17-9-11-19(31-3)12-10-17)26-16(2)27-22(20)29(28-15)18-7-5-4-6-8-18/h4-12H,13-14H2,1-3H3,(H,25,30)(H,24,26,27). The number of nitrogens with zero attached hydrogens (tertiary/aromatic N) is 4. The fourth-order valence-electron chi connectivity index (χ4n) is 3.37. The van der Waals surface area contributed by atoms with Crippen LogP contribution in [-0.4, -0.2) is 45.9 Å². The van der Waals surface area contributed by atoms with Gasteiger partial charge in [0.2, 0.25) is 0 Å². The van der Waals surface area contributed by atoms with Crippen LogP contribution in [0.15, 0.2) is 54.6 Å². The molecular weight excluding hydrogens is 392 g/mol. The van der Waals surface area contributed by atoms with Crippen molar-refractivity contribution in [2.45, 2.75) is 13.8 Å². The van der Waals surface area contributed by atoms with E-state index in [2.05, 4.69) is 25.7 Å². The number of rotatable bonds is 7. The van der Waals surface area contributed by atoms with Crippen molar-refractivity contribution < 1.29 is 9.53 Å². The highest BCUT2D eigenvalue weighted by Gasteiger charge is 2.16. The number of carbonyl (C=O) groups excluding carboxylic acids is 1. The Balaban J connectivity index is 1.47. The predicted molar refractivity (Wildman–Crippen MR) is 120 cm³/mol. The zero-order chi connectivity index (χ0) is 21.8. The second kappa shape index (κ2) is 8.83. The van der Waals surface area contributed by atoms with Gasteiger partial charge in [-0.1, -0.05) is 18.2 Å². The Kier molecular flexibility index (Phi) is 5.79. The molecule has 0 spiro atoms. The molecular formula is C23H24N6O2.